The van der Waals surface area contributed by atoms with Crippen LogP contribution in [0.5, 0.6) is 0 Å². The first kappa shape index (κ1) is 26.2. The second-order valence-corrected chi connectivity index (χ2v) is 14.4. The Morgan fingerprint density at radius 2 is 1.28 bits per heavy atom. The van der Waals surface area contributed by atoms with Gasteiger partial charge in [0, 0.05) is 35.7 Å². The third-order valence-electron chi connectivity index (χ3n) is 9.52. The van der Waals surface area contributed by atoms with Crippen molar-refractivity contribution >= 4 is 28.6 Å². The average Bonchev–Trinajstić information content (AvgIpc) is 2.99. The zero-order valence-electron chi connectivity index (χ0n) is 26.1. The van der Waals surface area contributed by atoms with E-state index in [1.165, 1.54) is 73.4 Å². The fraction of sp³-hybridized carbons (Fsp3) is 0.250. The zero-order chi connectivity index (χ0) is 29.7. The highest BCUT2D eigenvalue weighted by Gasteiger charge is 2.43. The summed E-state index contributed by atoms with van der Waals surface area (Å²) in [6.45, 7) is 14.0. The van der Waals surface area contributed by atoms with Gasteiger partial charge in [-0.3, -0.25) is 0 Å². The second kappa shape index (κ2) is 9.00. The van der Waals surface area contributed by atoms with Crippen LogP contribution in [0.15, 0.2) is 103 Å². The van der Waals surface area contributed by atoms with Crippen molar-refractivity contribution in [2.75, 3.05) is 4.90 Å². The molecule has 0 fully saturated rings. The molecule has 0 aliphatic carbocycles. The van der Waals surface area contributed by atoms with Gasteiger partial charge in [0.05, 0.1) is 12.0 Å². The molecule has 3 heteroatoms. The molecule has 5 aromatic rings. The number of rotatable bonds is 1. The average molecular weight is 562 g/mol. The summed E-state index contributed by atoms with van der Waals surface area (Å²) in [6.07, 6.45) is 4.02. The lowest BCUT2D eigenvalue weighted by Crippen LogP contribution is -2.50. The summed E-state index contributed by atoms with van der Waals surface area (Å²) in [4.78, 5) is 2.55. The van der Waals surface area contributed by atoms with Crippen LogP contribution in [0.1, 0.15) is 63.8 Å². The summed E-state index contributed by atoms with van der Waals surface area (Å²) < 4.78 is 5.00. The van der Waals surface area contributed by atoms with E-state index in [0.717, 1.165) is 12.8 Å². The van der Waals surface area contributed by atoms with Gasteiger partial charge in [-0.1, -0.05) is 77.9 Å². The molecule has 0 N–H and O–H groups in total. The molecule has 3 aliphatic heterocycles. The van der Waals surface area contributed by atoms with Gasteiger partial charge in [-0.2, -0.15) is 14.0 Å². The minimum Gasteiger partial charge on any atom is -0.192 e. The summed E-state index contributed by atoms with van der Waals surface area (Å²) in [6, 6.07) is 36.6. The molecule has 3 aliphatic rings. The van der Waals surface area contributed by atoms with Gasteiger partial charge in [-0.25, -0.2) is 0 Å². The molecule has 3 aromatic carbocycles. The van der Waals surface area contributed by atoms with E-state index in [4.69, 9.17) is 0 Å². The SMILES string of the molecule is CC(C)(C)c1cc(N2c3cccc4c3CC(=C3Cc5ccccc5-c5cccc2[n+]53)[n+]2ccccc2-4)cc(C(C)(C)C)c1. The van der Waals surface area contributed by atoms with Crippen LogP contribution in [0.4, 0.5) is 17.2 Å². The largest absolute Gasteiger partial charge is 0.292 e. The maximum atomic E-state index is 2.56. The van der Waals surface area contributed by atoms with E-state index < -0.39 is 0 Å². The van der Waals surface area contributed by atoms with Crippen LogP contribution in [0.25, 0.3) is 33.9 Å². The van der Waals surface area contributed by atoms with Crippen LogP contribution < -0.4 is 14.0 Å². The quantitative estimate of drug-likeness (QED) is 0.186. The molecular weight excluding hydrogens is 522 g/mol. The molecule has 0 radical (unpaired) electrons. The van der Waals surface area contributed by atoms with Gasteiger partial charge in [0.15, 0.2) is 11.9 Å². The van der Waals surface area contributed by atoms with Gasteiger partial charge in [0.1, 0.15) is 17.1 Å². The van der Waals surface area contributed by atoms with Crippen molar-refractivity contribution in [3.05, 3.63) is 126 Å². The number of nitrogens with zero attached hydrogens (tertiary/aromatic N) is 3. The number of hydrogen-bond acceptors (Lipinski definition) is 1. The molecule has 0 atom stereocenters. The van der Waals surface area contributed by atoms with E-state index in [1.54, 1.807) is 0 Å². The molecule has 0 saturated carbocycles. The summed E-state index contributed by atoms with van der Waals surface area (Å²) in [5.74, 6) is 1.18. The van der Waals surface area contributed by atoms with E-state index in [-0.39, 0.29) is 10.8 Å². The fourth-order valence-electron chi connectivity index (χ4n) is 7.18. The summed E-state index contributed by atoms with van der Waals surface area (Å²) >= 11 is 0. The van der Waals surface area contributed by atoms with Gasteiger partial charge in [-0.05, 0) is 70.0 Å². The monoisotopic (exact) mass is 561 g/mol. The van der Waals surface area contributed by atoms with Crippen molar-refractivity contribution in [3.63, 3.8) is 0 Å². The molecule has 0 unspecified atom stereocenters. The van der Waals surface area contributed by atoms with Crippen molar-refractivity contribution in [1.29, 1.82) is 0 Å². The summed E-state index contributed by atoms with van der Waals surface area (Å²) in [7, 11) is 0. The Morgan fingerprint density at radius 3 is 2.05 bits per heavy atom. The summed E-state index contributed by atoms with van der Waals surface area (Å²) in [5, 5.41) is 0. The second-order valence-electron chi connectivity index (χ2n) is 14.4. The first-order chi connectivity index (χ1) is 20.6. The Morgan fingerprint density at radius 1 is 0.605 bits per heavy atom. The third-order valence-corrected chi connectivity index (χ3v) is 9.52. The molecule has 0 spiro atoms. The van der Waals surface area contributed by atoms with Gasteiger partial charge >= 0.3 is 0 Å². The highest BCUT2D eigenvalue weighted by atomic mass is 15.3. The topological polar surface area (TPSA) is 11.0 Å². The molecule has 43 heavy (non-hydrogen) atoms. The van der Waals surface area contributed by atoms with E-state index in [2.05, 4.69) is 159 Å². The normalized spacial score (nSPS) is 14.9. The number of fused-ring (bicyclic) bond motifs is 2. The lowest BCUT2D eigenvalue weighted by atomic mass is 9.80. The van der Waals surface area contributed by atoms with E-state index in [9.17, 15) is 0 Å². The number of allylic oxidation sites excluding steroid dienone is 2. The highest BCUT2D eigenvalue weighted by Crippen LogP contribution is 2.47. The molecule has 8 rings (SSSR count). The smallest absolute Gasteiger partial charge is 0.192 e. The minimum atomic E-state index is 0.0187. The number of hydrogen-bond donors (Lipinski definition) is 0. The predicted molar refractivity (Wildman–Crippen MR) is 177 cm³/mol. The Hall–Kier alpha value is -4.50. The number of benzene rings is 3. The highest BCUT2D eigenvalue weighted by molar-refractivity contribution is 5.88. The van der Waals surface area contributed by atoms with E-state index in [0.29, 0.717) is 0 Å². The van der Waals surface area contributed by atoms with Crippen LogP contribution in [-0.4, -0.2) is 0 Å². The van der Waals surface area contributed by atoms with Crippen LogP contribution in [-0.2, 0) is 23.7 Å². The Kier molecular flexibility index (Phi) is 5.47. The molecule has 5 heterocycles. The first-order valence-corrected chi connectivity index (χ1v) is 15.5. The van der Waals surface area contributed by atoms with E-state index >= 15 is 0 Å². The fourth-order valence-corrected chi connectivity index (χ4v) is 7.18. The van der Waals surface area contributed by atoms with Crippen molar-refractivity contribution in [1.82, 2.24) is 0 Å². The predicted octanol–water partition coefficient (Wildman–Crippen LogP) is 8.91. The number of anilines is 3. The maximum Gasteiger partial charge on any atom is 0.292 e. The standard InChI is InChI=1S/C40H39N3/c1-39(2,3)27-22-28(40(4,5)6)24-29(23-27)42-35-17-11-15-31-32(35)25-36(41-20-10-9-16-33(31)41)37-21-26-13-7-8-14-30(26)34-18-12-19-38(42)43(34)37/h7-20,22-24H,21,25H2,1-6H3/q+2. The lowest BCUT2D eigenvalue weighted by Gasteiger charge is -2.32. The third kappa shape index (κ3) is 3.94. The van der Waals surface area contributed by atoms with Crippen molar-refractivity contribution in [3.8, 4) is 22.5 Å². The molecule has 0 saturated heterocycles. The number of aromatic nitrogens is 2. The van der Waals surface area contributed by atoms with E-state index in [1.807, 2.05) is 0 Å². The van der Waals surface area contributed by atoms with Crippen molar-refractivity contribution < 1.29 is 9.13 Å². The van der Waals surface area contributed by atoms with Crippen LogP contribution in [0, 0.1) is 0 Å². The Bertz CT molecular complexity index is 1970. The first-order valence-electron chi connectivity index (χ1n) is 15.5. The number of pyridine rings is 2. The molecule has 2 aromatic heterocycles. The maximum absolute atomic E-state index is 2.56. The Labute approximate surface area is 255 Å². The minimum absolute atomic E-state index is 0.0187. The van der Waals surface area contributed by atoms with Gasteiger partial charge in [0.25, 0.3) is 5.82 Å². The van der Waals surface area contributed by atoms with Crippen LogP contribution >= 0.6 is 0 Å². The van der Waals surface area contributed by atoms with Crippen molar-refractivity contribution in [2.24, 2.45) is 0 Å². The lowest BCUT2D eigenvalue weighted by molar-refractivity contribution is -0.596. The molecule has 212 valence electrons. The summed E-state index contributed by atoms with van der Waals surface area (Å²) in [5.41, 5.74) is 15.9. The molecular formula is C40H39N3+2. The molecule has 4 bridgehead atoms. The van der Waals surface area contributed by atoms with Gasteiger partial charge < -0.3 is 0 Å². The Balaban J connectivity index is 1.54. The zero-order valence-corrected chi connectivity index (χ0v) is 26.1. The van der Waals surface area contributed by atoms with Crippen LogP contribution in [0.2, 0.25) is 0 Å². The van der Waals surface area contributed by atoms with Crippen LogP contribution in [0.3, 0.4) is 0 Å². The molecule has 0 amide bonds. The molecule has 3 nitrogen and oxygen atoms in total. The van der Waals surface area contributed by atoms with Crippen molar-refractivity contribution in [2.45, 2.75) is 65.2 Å². The van der Waals surface area contributed by atoms with Gasteiger partial charge in [0.2, 0.25) is 11.4 Å². The van der Waals surface area contributed by atoms with Gasteiger partial charge in [-0.15, -0.1) is 0 Å².